The third-order valence-corrected chi connectivity index (χ3v) is 4.24. The van der Waals surface area contributed by atoms with Gasteiger partial charge in [0.2, 0.25) is 0 Å². The Hall–Kier alpha value is -1.08. The number of benzene rings is 1. The predicted molar refractivity (Wildman–Crippen MR) is 76.6 cm³/mol. The van der Waals surface area contributed by atoms with Crippen LogP contribution in [0.2, 0.25) is 0 Å². The lowest BCUT2D eigenvalue weighted by Gasteiger charge is -2.09. The summed E-state index contributed by atoms with van der Waals surface area (Å²) in [6.07, 6.45) is 5.22. The Kier molecular flexibility index (Phi) is 5.04. The molecule has 20 heavy (non-hydrogen) atoms. The topological polar surface area (TPSA) is 0 Å². The highest BCUT2D eigenvalue weighted by Gasteiger charge is 2.30. The van der Waals surface area contributed by atoms with Crippen LogP contribution in [0.5, 0.6) is 0 Å². The fraction of sp³-hybridized carbons (Fsp3) is 0.500. The van der Waals surface area contributed by atoms with Crippen molar-refractivity contribution >= 4 is 11.8 Å². The summed E-state index contributed by atoms with van der Waals surface area (Å²) in [4.78, 5) is 0.224. The number of aryl methyl sites for hydroxylation is 1. The van der Waals surface area contributed by atoms with Gasteiger partial charge in [-0.2, -0.15) is 13.2 Å². The molecule has 0 bridgehead atoms. The zero-order valence-electron chi connectivity index (χ0n) is 11.4. The van der Waals surface area contributed by atoms with Crippen molar-refractivity contribution in [3.8, 4) is 11.8 Å². The van der Waals surface area contributed by atoms with Gasteiger partial charge in [0.05, 0.1) is 0 Å². The minimum Gasteiger partial charge on any atom is -0.160 e. The minimum absolute atomic E-state index is 0.0631. The van der Waals surface area contributed by atoms with Crippen molar-refractivity contribution in [3.05, 3.63) is 29.3 Å². The van der Waals surface area contributed by atoms with E-state index in [0.717, 1.165) is 24.8 Å². The molecule has 1 saturated carbocycles. The van der Waals surface area contributed by atoms with Gasteiger partial charge in [0.1, 0.15) is 0 Å². The van der Waals surface area contributed by atoms with E-state index in [1.165, 1.54) is 12.8 Å². The van der Waals surface area contributed by atoms with Crippen molar-refractivity contribution in [3.63, 3.8) is 0 Å². The summed E-state index contributed by atoms with van der Waals surface area (Å²) in [5, 5.41) is 0. The molecule has 1 aromatic carbocycles. The standard InChI is InChI=1S/C16H17F3S/c1-2-12-7-9-14(10-8-13-5-3-4-6-13)15(11-12)20-16(17,18)19/h7,9,11,13H,2-6H2,1H3. The maximum Gasteiger partial charge on any atom is 0.446 e. The smallest absolute Gasteiger partial charge is 0.160 e. The van der Waals surface area contributed by atoms with Gasteiger partial charge < -0.3 is 0 Å². The van der Waals surface area contributed by atoms with Gasteiger partial charge in [-0.15, -0.1) is 0 Å². The van der Waals surface area contributed by atoms with Crippen molar-refractivity contribution in [2.45, 2.75) is 49.4 Å². The second-order valence-corrected chi connectivity index (χ2v) is 6.09. The van der Waals surface area contributed by atoms with E-state index in [2.05, 4.69) is 11.8 Å². The number of thioether (sulfide) groups is 1. The summed E-state index contributed by atoms with van der Waals surface area (Å²) < 4.78 is 37.8. The lowest BCUT2D eigenvalue weighted by Crippen LogP contribution is -2.01. The largest absolute Gasteiger partial charge is 0.446 e. The highest BCUT2D eigenvalue weighted by atomic mass is 32.2. The van der Waals surface area contributed by atoms with Gasteiger partial charge in [0, 0.05) is 16.4 Å². The van der Waals surface area contributed by atoms with Gasteiger partial charge in [-0.3, -0.25) is 0 Å². The first-order chi connectivity index (χ1) is 9.48. The van der Waals surface area contributed by atoms with E-state index < -0.39 is 5.51 Å². The van der Waals surface area contributed by atoms with E-state index in [1.54, 1.807) is 12.1 Å². The molecule has 1 aliphatic carbocycles. The molecule has 0 radical (unpaired) electrons. The molecule has 0 heterocycles. The molecule has 0 amide bonds. The highest BCUT2D eigenvalue weighted by molar-refractivity contribution is 8.00. The summed E-state index contributed by atoms with van der Waals surface area (Å²) in [5.74, 6) is 6.44. The number of hydrogen-bond donors (Lipinski definition) is 0. The molecule has 1 fully saturated rings. The summed E-state index contributed by atoms with van der Waals surface area (Å²) in [7, 11) is 0. The molecule has 108 valence electrons. The Bertz CT molecular complexity index is 517. The fourth-order valence-electron chi connectivity index (χ4n) is 2.35. The SMILES string of the molecule is CCc1ccc(C#CC2CCCC2)c(SC(F)(F)F)c1. The molecule has 0 saturated heterocycles. The zero-order chi connectivity index (χ0) is 14.6. The van der Waals surface area contributed by atoms with Gasteiger partial charge in [-0.05, 0) is 48.7 Å². The lowest BCUT2D eigenvalue weighted by molar-refractivity contribution is -0.0328. The molecule has 4 heteroatoms. The summed E-state index contributed by atoms with van der Waals surface area (Å²) in [5.41, 5.74) is -2.87. The first-order valence-electron chi connectivity index (χ1n) is 6.88. The van der Waals surface area contributed by atoms with E-state index in [1.807, 2.05) is 13.0 Å². The van der Waals surface area contributed by atoms with E-state index in [4.69, 9.17) is 0 Å². The molecular weight excluding hydrogens is 281 g/mol. The van der Waals surface area contributed by atoms with Crippen LogP contribution >= 0.6 is 11.8 Å². The molecule has 0 aliphatic heterocycles. The summed E-state index contributed by atoms with van der Waals surface area (Å²) in [6, 6.07) is 5.19. The van der Waals surface area contributed by atoms with Gasteiger partial charge >= 0.3 is 5.51 Å². The normalized spacial score (nSPS) is 16.0. The van der Waals surface area contributed by atoms with Gasteiger partial charge in [0.25, 0.3) is 0 Å². The van der Waals surface area contributed by atoms with Crippen LogP contribution in [0.1, 0.15) is 43.7 Å². The molecule has 2 rings (SSSR count). The van der Waals surface area contributed by atoms with Crippen LogP contribution in [0, 0.1) is 17.8 Å². The molecule has 0 atom stereocenters. The average Bonchev–Trinajstić information content (AvgIpc) is 2.88. The summed E-state index contributed by atoms with van der Waals surface area (Å²) >= 11 is -0.0631. The van der Waals surface area contributed by atoms with E-state index in [-0.39, 0.29) is 16.7 Å². The lowest BCUT2D eigenvalue weighted by atomic mass is 10.1. The second kappa shape index (κ2) is 6.58. The van der Waals surface area contributed by atoms with Crippen LogP contribution in [0.25, 0.3) is 0 Å². The van der Waals surface area contributed by atoms with Crippen LogP contribution < -0.4 is 0 Å². The Morgan fingerprint density at radius 2 is 1.95 bits per heavy atom. The quantitative estimate of drug-likeness (QED) is 0.520. The summed E-state index contributed by atoms with van der Waals surface area (Å²) in [6.45, 7) is 1.93. The molecule has 1 aliphatic rings. The molecule has 0 N–H and O–H groups in total. The molecule has 0 aromatic heterocycles. The van der Waals surface area contributed by atoms with Crippen LogP contribution in [0.4, 0.5) is 13.2 Å². The van der Waals surface area contributed by atoms with Crippen LogP contribution in [-0.2, 0) is 6.42 Å². The first kappa shape index (κ1) is 15.3. The van der Waals surface area contributed by atoms with E-state index in [9.17, 15) is 13.2 Å². The van der Waals surface area contributed by atoms with Crippen molar-refractivity contribution in [1.29, 1.82) is 0 Å². The van der Waals surface area contributed by atoms with Crippen LogP contribution in [0.3, 0.4) is 0 Å². The maximum atomic E-state index is 12.6. The highest BCUT2D eigenvalue weighted by Crippen LogP contribution is 2.39. The third kappa shape index (κ3) is 4.49. The average molecular weight is 298 g/mol. The Balaban J connectivity index is 2.25. The van der Waals surface area contributed by atoms with Crippen molar-refractivity contribution in [2.75, 3.05) is 0 Å². The molecule has 0 unspecified atom stereocenters. The number of hydrogen-bond acceptors (Lipinski definition) is 1. The van der Waals surface area contributed by atoms with Gasteiger partial charge in [-0.1, -0.05) is 37.7 Å². The van der Waals surface area contributed by atoms with Crippen molar-refractivity contribution < 1.29 is 13.2 Å². The maximum absolute atomic E-state index is 12.6. The Labute approximate surface area is 122 Å². The second-order valence-electron chi connectivity index (χ2n) is 4.98. The fourth-order valence-corrected chi connectivity index (χ4v) is 3.04. The zero-order valence-corrected chi connectivity index (χ0v) is 12.2. The number of rotatable bonds is 2. The molecule has 0 spiro atoms. The molecule has 1 aromatic rings. The monoisotopic (exact) mass is 298 g/mol. The Morgan fingerprint density at radius 3 is 2.55 bits per heavy atom. The van der Waals surface area contributed by atoms with E-state index in [0.29, 0.717) is 11.5 Å². The minimum atomic E-state index is -4.27. The predicted octanol–water partition coefficient (Wildman–Crippen LogP) is 5.40. The third-order valence-electron chi connectivity index (χ3n) is 3.45. The molecular formula is C16H17F3S. The number of halogens is 3. The van der Waals surface area contributed by atoms with Crippen molar-refractivity contribution in [1.82, 2.24) is 0 Å². The number of alkyl halides is 3. The van der Waals surface area contributed by atoms with Crippen LogP contribution in [-0.4, -0.2) is 5.51 Å². The van der Waals surface area contributed by atoms with Gasteiger partial charge in [0.15, 0.2) is 0 Å². The Morgan fingerprint density at radius 1 is 1.25 bits per heavy atom. The van der Waals surface area contributed by atoms with Crippen LogP contribution in [0.15, 0.2) is 23.1 Å². The first-order valence-corrected chi connectivity index (χ1v) is 7.70. The van der Waals surface area contributed by atoms with E-state index >= 15 is 0 Å². The van der Waals surface area contributed by atoms with Crippen molar-refractivity contribution in [2.24, 2.45) is 5.92 Å². The van der Waals surface area contributed by atoms with Gasteiger partial charge in [-0.25, -0.2) is 0 Å². The molecule has 0 nitrogen and oxygen atoms in total.